The van der Waals surface area contributed by atoms with Crippen LogP contribution in [0.4, 0.5) is 0 Å². The molecule has 0 aliphatic carbocycles. The van der Waals surface area contributed by atoms with Crippen LogP contribution in [0.15, 0.2) is 41.4 Å². The van der Waals surface area contributed by atoms with E-state index in [1.807, 2.05) is 12.1 Å². The SMILES string of the molecule is CCc1ccc(CN(C(=N)Br)/C(CC(C)(C)C(=O)O)=N\C)c2ccccc12. The molecule has 0 aliphatic heterocycles. The van der Waals surface area contributed by atoms with E-state index in [1.165, 1.54) is 10.9 Å². The Hall–Kier alpha value is -2.21. The van der Waals surface area contributed by atoms with Crippen molar-refractivity contribution in [2.24, 2.45) is 10.4 Å². The van der Waals surface area contributed by atoms with E-state index in [-0.39, 0.29) is 11.2 Å². The van der Waals surface area contributed by atoms with Gasteiger partial charge in [0, 0.05) is 13.5 Å². The highest BCUT2D eigenvalue weighted by molar-refractivity contribution is 9.18. The van der Waals surface area contributed by atoms with Crippen molar-refractivity contribution in [2.45, 2.75) is 40.2 Å². The van der Waals surface area contributed by atoms with E-state index >= 15 is 0 Å². The van der Waals surface area contributed by atoms with Crippen LogP contribution in [0.1, 0.15) is 38.3 Å². The monoisotopic (exact) mass is 431 g/mol. The van der Waals surface area contributed by atoms with Crippen molar-refractivity contribution in [3.05, 3.63) is 47.5 Å². The summed E-state index contributed by atoms with van der Waals surface area (Å²) in [4.78, 5) is 17.5. The standard InChI is InChI=1S/C21H26BrN3O2/c1-5-14-10-11-15(17-9-7-6-8-16(14)17)13-25(20(22)23)18(24-4)12-21(2,3)19(26)27/h6-11,23H,5,12-13H2,1-4H3,(H,26,27)/b23-20?,24-18-. The zero-order valence-corrected chi connectivity index (χ0v) is 17.8. The Morgan fingerprint density at radius 3 is 2.22 bits per heavy atom. The van der Waals surface area contributed by atoms with Gasteiger partial charge in [-0.15, -0.1) is 0 Å². The van der Waals surface area contributed by atoms with Crippen LogP contribution in [0.5, 0.6) is 0 Å². The number of nitrogens with one attached hydrogen (secondary N) is 1. The summed E-state index contributed by atoms with van der Waals surface area (Å²) in [5, 5.41) is 20.0. The fourth-order valence-corrected chi connectivity index (χ4v) is 3.41. The molecule has 2 rings (SSSR count). The quantitative estimate of drug-likeness (QED) is 0.381. The van der Waals surface area contributed by atoms with Crippen molar-refractivity contribution in [3.63, 3.8) is 0 Å². The van der Waals surface area contributed by atoms with Gasteiger partial charge in [-0.2, -0.15) is 0 Å². The number of amidine groups is 2. The number of carboxylic acids is 1. The smallest absolute Gasteiger partial charge is 0.309 e. The molecule has 5 nitrogen and oxygen atoms in total. The minimum Gasteiger partial charge on any atom is -0.481 e. The zero-order chi connectivity index (χ0) is 20.2. The third-order valence-corrected chi connectivity index (χ3v) is 5.23. The number of benzene rings is 2. The summed E-state index contributed by atoms with van der Waals surface area (Å²) >= 11 is 3.26. The van der Waals surface area contributed by atoms with Gasteiger partial charge in [0.1, 0.15) is 5.84 Å². The molecule has 0 bridgehead atoms. The second kappa shape index (κ2) is 8.65. The highest BCUT2D eigenvalue weighted by Gasteiger charge is 2.31. The molecule has 0 amide bonds. The molecule has 2 N–H and O–H groups in total. The molecule has 2 aromatic rings. The molecular weight excluding hydrogens is 406 g/mol. The number of hydrogen-bond acceptors (Lipinski definition) is 3. The number of carboxylic acid groups (broad SMARTS) is 1. The number of fused-ring (bicyclic) bond motifs is 1. The first-order valence-corrected chi connectivity index (χ1v) is 9.70. The average Bonchev–Trinajstić information content (AvgIpc) is 2.63. The fraction of sp³-hybridized carbons (Fsp3) is 0.381. The van der Waals surface area contributed by atoms with E-state index in [0.717, 1.165) is 17.4 Å². The summed E-state index contributed by atoms with van der Waals surface area (Å²) in [7, 11) is 1.63. The Labute approximate surface area is 168 Å². The van der Waals surface area contributed by atoms with Gasteiger partial charge in [-0.1, -0.05) is 43.3 Å². The number of aliphatic imine (C=N–C) groups is 1. The second-order valence-electron chi connectivity index (χ2n) is 7.17. The van der Waals surface area contributed by atoms with Crippen LogP contribution in [-0.4, -0.2) is 33.6 Å². The molecule has 0 aromatic heterocycles. The molecular formula is C21H26BrN3O2. The molecule has 0 atom stereocenters. The lowest BCUT2D eigenvalue weighted by Crippen LogP contribution is -2.38. The highest BCUT2D eigenvalue weighted by atomic mass is 79.9. The summed E-state index contributed by atoms with van der Waals surface area (Å²) in [6.45, 7) is 5.92. The summed E-state index contributed by atoms with van der Waals surface area (Å²) < 4.78 is 0.160. The van der Waals surface area contributed by atoms with Crippen molar-refractivity contribution in [2.75, 3.05) is 7.05 Å². The number of nitrogens with zero attached hydrogens (tertiary/aromatic N) is 2. The van der Waals surface area contributed by atoms with E-state index in [0.29, 0.717) is 12.4 Å². The third kappa shape index (κ3) is 4.75. The Bertz CT molecular complexity index is 890. The van der Waals surface area contributed by atoms with E-state index in [4.69, 9.17) is 5.41 Å². The van der Waals surface area contributed by atoms with E-state index in [2.05, 4.69) is 52.1 Å². The zero-order valence-electron chi connectivity index (χ0n) is 16.2. The summed E-state index contributed by atoms with van der Waals surface area (Å²) in [6, 6.07) is 12.5. The summed E-state index contributed by atoms with van der Waals surface area (Å²) in [5.74, 6) is -0.324. The first kappa shape index (κ1) is 21.1. The molecule has 0 fully saturated rings. The molecule has 6 heteroatoms. The molecule has 0 spiro atoms. The molecule has 2 aromatic carbocycles. The lowest BCUT2D eigenvalue weighted by molar-refractivity contribution is -0.146. The summed E-state index contributed by atoms with van der Waals surface area (Å²) in [6.07, 6.45) is 1.19. The number of hydrogen-bond donors (Lipinski definition) is 2. The van der Waals surface area contributed by atoms with Crippen molar-refractivity contribution in [1.82, 2.24) is 4.90 Å². The van der Waals surface area contributed by atoms with Crippen molar-refractivity contribution in [3.8, 4) is 0 Å². The maximum absolute atomic E-state index is 11.5. The fourth-order valence-electron chi connectivity index (χ4n) is 3.08. The van der Waals surface area contributed by atoms with Crippen LogP contribution in [-0.2, 0) is 17.8 Å². The van der Waals surface area contributed by atoms with Crippen LogP contribution in [0, 0.1) is 10.8 Å². The maximum atomic E-state index is 11.5. The minimum atomic E-state index is -0.969. The highest BCUT2D eigenvalue weighted by Crippen LogP contribution is 2.27. The Kier molecular flexibility index (Phi) is 6.76. The lowest BCUT2D eigenvalue weighted by atomic mass is 9.88. The van der Waals surface area contributed by atoms with Crippen LogP contribution >= 0.6 is 15.9 Å². The third-order valence-electron chi connectivity index (χ3n) is 4.80. The number of halogens is 1. The average molecular weight is 432 g/mol. The van der Waals surface area contributed by atoms with Gasteiger partial charge in [0.25, 0.3) is 0 Å². The van der Waals surface area contributed by atoms with Gasteiger partial charge in [0.15, 0.2) is 4.74 Å². The number of carbonyl (C=O) groups is 1. The molecule has 0 heterocycles. The molecule has 27 heavy (non-hydrogen) atoms. The number of aliphatic carboxylic acids is 1. The number of rotatable bonds is 6. The van der Waals surface area contributed by atoms with Gasteiger partial charge in [0.05, 0.1) is 12.0 Å². The van der Waals surface area contributed by atoms with Gasteiger partial charge < -0.3 is 10.0 Å². The molecule has 0 saturated carbocycles. The topological polar surface area (TPSA) is 76.8 Å². The Morgan fingerprint density at radius 1 is 1.19 bits per heavy atom. The van der Waals surface area contributed by atoms with E-state index in [1.54, 1.807) is 25.8 Å². The number of aryl methyl sites for hydroxylation is 1. The maximum Gasteiger partial charge on any atom is 0.309 e. The Balaban J connectivity index is 2.44. The predicted molar refractivity (Wildman–Crippen MR) is 115 cm³/mol. The lowest BCUT2D eigenvalue weighted by Gasteiger charge is -2.29. The molecule has 0 unspecified atom stereocenters. The van der Waals surface area contributed by atoms with Crippen LogP contribution in [0.2, 0.25) is 0 Å². The second-order valence-corrected chi connectivity index (χ2v) is 7.92. The molecule has 0 radical (unpaired) electrons. The minimum absolute atomic E-state index is 0.160. The van der Waals surface area contributed by atoms with E-state index < -0.39 is 11.4 Å². The predicted octanol–water partition coefficient (Wildman–Crippen LogP) is 5.06. The van der Waals surface area contributed by atoms with Crippen molar-refractivity contribution in [1.29, 1.82) is 5.41 Å². The molecule has 0 saturated heterocycles. The van der Waals surface area contributed by atoms with Gasteiger partial charge in [-0.05, 0) is 58.1 Å². The Morgan fingerprint density at radius 2 is 1.74 bits per heavy atom. The van der Waals surface area contributed by atoms with Crippen molar-refractivity contribution >= 4 is 43.3 Å². The van der Waals surface area contributed by atoms with Gasteiger partial charge >= 0.3 is 5.97 Å². The normalized spacial score (nSPS) is 12.3. The van der Waals surface area contributed by atoms with Crippen LogP contribution < -0.4 is 0 Å². The van der Waals surface area contributed by atoms with Crippen LogP contribution in [0.25, 0.3) is 10.8 Å². The van der Waals surface area contributed by atoms with Crippen LogP contribution in [0.3, 0.4) is 0 Å². The first-order chi connectivity index (χ1) is 12.7. The molecule has 144 valence electrons. The largest absolute Gasteiger partial charge is 0.481 e. The van der Waals surface area contributed by atoms with E-state index in [9.17, 15) is 9.90 Å². The van der Waals surface area contributed by atoms with Gasteiger partial charge in [-0.25, -0.2) is 0 Å². The molecule has 0 aliphatic rings. The van der Waals surface area contributed by atoms with Gasteiger partial charge in [0.2, 0.25) is 0 Å². The summed E-state index contributed by atoms with van der Waals surface area (Å²) in [5.41, 5.74) is 1.39. The first-order valence-electron chi connectivity index (χ1n) is 8.91. The van der Waals surface area contributed by atoms with Gasteiger partial charge in [-0.3, -0.25) is 15.2 Å². The van der Waals surface area contributed by atoms with Crippen molar-refractivity contribution < 1.29 is 9.90 Å².